The molecule has 0 fully saturated rings. The van der Waals surface area contributed by atoms with E-state index >= 15 is 0 Å². The van der Waals surface area contributed by atoms with Crippen molar-refractivity contribution in [1.29, 1.82) is 0 Å². The van der Waals surface area contributed by atoms with Crippen molar-refractivity contribution in [3.63, 3.8) is 0 Å². The van der Waals surface area contributed by atoms with Gasteiger partial charge in [0, 0.05) is 11.8 Å². The summed E-state index contributed by atoms with van der Waals surface area (Å²) in [5.41, 5.74) is 1.11. The molecule has 0 amide bonds. The lowest BCUT2D eigenvalue weighted by atomic mass is 10.0. The second-order valence-electron chi connectivity index (χ2n) is 3.61. The molecule has 0 heterocycles. The zero-order valence-corrected chi connectivity index (χ0v) is 10.2. The maximum Gasteiger partial charge on any atom is 0.321 e. The minimum atomic E-state index is -0.857. The molecular formula is C12H17NO2S. The van der Waals surface area contributed by atoms with Gasteiger partial charge in [-0.25, -0.2) is 0 Å². The van der Waals surface area contributed by atoms with Crippen LogP contribution >= 0.6 is 12.6 Å². The molecule has 2 atom stereocenters. The van der Waals surface area contributed by atoms with Crippen LogP contribution in [-0.4, -0.2) is 22.9 Å². The number of benzene rings is 1. The smallest absolute Gasteiger partial charge is 0.321 e. The molecule has 1 aromatic rings. The topological polar surface area (TPSA) is 49.3 Å². The third-order valence-corrected chi connectivity index (χ3v) is 2.86. The second-order valence-corrected chi connectivity index (χ2v) is 3.98. The zero-order chi connectivity index (χ0) is 12.0. The number of thiol groups is 1. The number of carboxylic acids is 1. The highest BCUT2D eigenvalue weighted by Crippen LogP contribution is 2.16. The van der Waals surface area contributed by atoms with Gasteiger partial charge in [0.25, 0.3) is 0 Å². The van der Waals surface area contributed by atoms with E-state index in [9.17, 15) is 4.79 Å². The van der Waals surface area contributed by atoms with Crippen molar-refractivity contribution in [2.24, 2.45) is 0 Å². The summed E-state index contributed by atoms with van der Waals surface area (Å²) in [4.78, 5) is 10.9. The van der Waals surface area contributed by atoms with E-state index in [0.29, 0.717) is 5.75 Å². The van der Waals surface area contributed by atoms with Crippen LogP contribution in [0.25, 0.3) is 0 Å². The Kier molecular flexibility index (Phi) is 5.35. The van der Waals surface area contributed by atoms with E-state index in [1.807, 2.05) is 37.3 Å². The van der Waals surface area contributed by atoms with Crippen molar-refractivity contribution < 1.29 is 9.90 Å². The standard InChI is InChI=1S/C12H17NO2S/c1-2-10(9-6-4-3-5-7-9)13-11(8-16)12(14)15/h3-7,10-11,13,16H,2,8H2,1H3,(H,14,15)/t10?,11-/m0/s1. The number of carboxylic acid groups (broad SMARTS) is 1. The summed E-state index contributed by atoms with van der Waals surface area (Å²) in [6, 6.07) is 9.32. The summed E-state index contributed by atoms with van der Waals surface area (Å²) in [7, 11) is 0. The van der Waals surface area contributed by atoms with Crippen LogP contribution in [0.3, 0.4) is 0 Å². The second kappa shape index (κ2) is 6.55. The van der Waals surface area contributed by atoms with E-state index in [4.69, 9.17) is 5.11 Å². The van der Waals surface area contributed by atoms with Gasteiger partial charge in [-0.05, 0) is 12.0 Å². The molecule has 2 N–H and O–H groups in total. The van der Waals surface area contributed by atoms with Crippen molar-refractivity contribution in [2.45, 2.75) is 25.4 Å². The molecule has 1 unspecified atom stereocenters. The molecule has 0 saturated heterocycles. The molecule has 0 aliphatic heterocycles. The number of hydrogen-bond acceptors (Lipinski definition) is 3. The lowest BCUT2D eigenvalue weighted by molar-refractivity contribution is -0.139. The monoisotopic (exact) mass is 239 g/mol. The van der Waals surface area contributed by atoms with Crippen molar-refractivity contribution in [1.82, 2.24) is 5.32 Å². The Morgan fingerprint density at radius 3 is 2.50 bits per heavy atom. The van der Waals surface area contributed by atoms with Crippen molar-refractivity contribution in [3.8, 4) is 0 Å². The lowest BCUT2D eigenvalue weighted by Gasteiger charge is -2.21. The van der Waals surface area contributed by atoms with E-state index < -0.39 is 12.0 Å². The van der Waals surface area contributed by atoms with Gasteiger partial charge in [0.15, 0.2) is 0 Å². The van der Waals surface area contributed by atoms with E-state index in [0.717, 1.165) is 12.0 Å². The Labute approximate surface area is 101 Å². The van der Waals surface area contributed by atoms with Crippen molar-refractivity contribution in [3.05, 3.63) is 35.9 Å². The van der Waals surface area contributed by atoms with E-state index in [1.54, 1.807) is 0 Å². The predicted molar refractivity (Wildman–Crippen MR) is 67.9 cm³/mol. The minimum Gasteiger partial charge on any atom is -0.480 e. The Bertz CT molecular complexity index is 329. The SMILES string of the molecule is CCC(N[C@@H](CS)C(=O)O)c1ccccc1. The first-order chi connectivity index (χ1) is 7.69. The Morgan fingerprint density at radius 2 is 2.06 bits per heavy atom. The Balaban J connectivity index is 2.72. The van der Waals surface area contributed by atoms with Gasteiger partial charge >= 0.3 is 5.97 Å². The Hall–Kier alpha value is -1.00. The van der Waals surface area contributed by atoms with Crippen LogP contribution in [0, 0.1) is 0 Å². The number of rotatable bonds is 6. The first-order valence-corrected chi connectivity index (χ1v) is 5.97. The van der Waals surface area contributed by atoms with Crippen molar-refractivity contribution >= 4 is 18.6 Å². The molecule has 0 radical (unpaired) electrons. The quantitative estimate of drug-likeness (QED) is 0.666. The van der Waals surface area contributed by atoms with Gasteiger partial charge < -0.3 is 5.11 Å². The van der Waals surface area contributed by atoms with Crippen LogP contribution in [0.5, 0.6) is 0 Å². The average molecular weight is 239 g/mol. The van der Waals surface area contributed by atoms with Crippen LogP contribution in [-0.2, 0) is 4.79 Å². The minimum absolute atomic E-state index is 0.0643. The molecule has 0 aliphatic carbocycles. The maximum absolute atomic E-state index is 10.9. The number of carbonyl (C=O) groups is 1. The summed E-state index contributed by atoms with van der Waals surface area (Å²) in [5.74, 6) is -0.567. The molecule has 88 valence electrons. The highest BCUT2D eigenvalue weighted by Gasteiger charge is 2.19. The van der Waals surface area contributed by atoms with Crippen molar-refractivity contribution in [2.75, 3.05) is 5.75 Å². The lowest BCUT2D eigenvalue weighted by Crippen LogP contribution is -2.40. The summed E-state index contributed by atoms with van der Waals surface area (Å²) in [6.07, 6.45) is 0.849. The number of hydrogen-bond donors (Lipinski definition) is 3. The highest BCUT2D eigenvalue weighted by molar-refractivity contribution is 7.80. The fraction of sp³-hybridized carbons (Fsp3) is 0.417. The van der Waals surface area contributed by atoms with E-state index in [1.165, 1.54) is 0 Å². The normalized spacial score (nSPS) is 14.4. The average Bonchev–Trinajstić information content (AvgIpc) is 2.31. The Morgan fingerprint density at radius 1 is 1.44 bits per heavy atom. The maximum atomic E-state index is 10.9. The molecule has 0 saturated carbocycles. The van der Waals surface area contributed by atoms with Gasteiger partial charge in [0.2, 0.25) is 0 Å². The van der Waals surface area contributed by atoms with E-state index in [2.05, 4.69) is 17.9 Å². The fourth-order valence-electron chi connectivity index (χ4n) is 1.58. The first-order valence-electron chi connectivity index (χ1n) is 5.33. The zero-order valence-electron chi connectivity index (χ0n) is 9.26. The highest BCUT2D eigenvalue weighted by atomic mass is 32.1. The summed E-state index contributed by atoms with van der Waals surface area (Å²) in [5, 5.41) is 12.0. The summed E-state index contributed by atoms with van der Waals surface area (Å²) >= 11 is 4.04. The first kappa shape index (κ1) is 13.1. The molecule has 3 nitrogen and oxygen atoms in total. The molecule has 1 rings (SSSR count). The van der Waals surface area contributed by atoms with Crippen LogP contribution < -0.4 is 5.32 Å². The number of aliphatic carboxylic acids is 1. The predicted octanol–water partition coefficient (Wildman–Crippen LogP) is 2.11. The molecule has 4 heteroatoms. The molecular weight excluding hydrogens is 222 g/mol. The summed E-state index contributed by atoms with van der Waals surface area (Å²) < 4.78 is 0. The van der Waals surface area contributed by atoms with Gasteiger partial charge in [-0.1, -0.05) is 37.3 Å². The third kappa shape index (κ3) is 3.54. The molecule has 0 spiro atoms. The van der Waals surface area contributed by atoms with Gasteiger partial charge in [-0.15, -0.1) is 0 Å². The molecule has 0 bridgehead atoms. The van der Waals surface area contributed by atoms with Gasteiger partial charge in [0.05, 0.1) is 0 Å². The number of nitrogens with one attached hydrogen (secondary N) is 1. The van der Waals surface area contributed by atoms with Crippen LogP contribution in [0.15, 0.2) is 30.3 Å². The van der Waals surface area contributed by atoms with Gasteiger partial charge in [-0.3, -0.25) is 10.1 Å². The van der Waals surface area contributed by atoms with E-state index in [-0.39, 0.29) is 6.04 Å². The molecule has 0 aromatic heterocycles. The molecule has 16 heavy (non-hydrogen) atoms. The fourth-order valence-corrected chi connectivity index (χ4v) is 1.84. The van der Waals surface area contributed by atoms with Gasteiger partial charge in [-0.2, -0.15) is 12.6 Å². The largest absolute Gasteiger partial charge is 0.480 e. The van der Waals surface area contributed by atoms with Crippen LogP contribution in [0.4, 0.5) is 0 Å². The molecule has 0 aliphatic rings. The van der Waals surface area contributed by atoms with Gasteiger partial charge in [0.1, 0.15) is 6.04 Å². The third-order valence-electron chi connectivity index (χ3n) is 2.49. The molecule has 1 aromatic carbocycles. The van der Waals surface area contributed by atoms with Crippen LogP contribution in [0.1, 0.15) is 24.9 Å². The van der Waals surface area contributed by atoms with Crippen LogP contribution in [0.2, 0.25) is 0 Å². The summed E-state index contributed by atoms with van der Waals surface area (Å²) in [6.45, 7) is 2.03.